The number of hydrogen-bond acceptors (Lipinski definition) is 6. The summed E-state index contributed by atoms with van der Waals surface area (Å²) in [5, 5.41) is 4.09. The molecule has 2 aromatic heterocycles. The lowest BCUT2D eigenvalue weighted by Gasteiger charge is -2.34. The van der Waals surface area contributed by atoms with Crippen LogP contribution in [0.15, 0.2) is 16.9 Å². The Morgan fingerprint density at radius 1 is 1.48 bits per heavy atom. The Morgan fingerprint density at radius 3 is 2.96 bits per heavy atom. The largest absolute Gasteiger partial charge is 0.370 e. The Labute approximate surface area is 147 Å². The maximum atomic E-state index is 11.7. The number of hydrogen-bond donors (Lipinski definition) is 0. The van der Waals surface area contributed by atoms with Gasteiger partial charge in [-0.1, -0.05) is 5.16 Å². The van der Waals surface area contributed by atoms with Gasteiger partial charge in [0.05, 0.1) is 24.3 Å². The molecule has 0 spiro atoms. The van der Waals surface area contributed by atoms with Crippen LogP contribution < -0.4 is 0 Å². The maximum Gasteiger partial charge on any atom is 0.248 e. The summed E-state index contributed by atoms with van der Waals surface area (Å²) in [6.07, 6.45) is 2.68. The number of ether oxygens (including phenoxy) is 1. The molecule has 25 heavy (non-hydrogen) atoms. The van der Waals surface area contributed by atoms with Gasteiger partial charge in [0.1, 0.15) is 12.4 Å². The number of amides is 1. The van der Waals surface area contributed by atoms with Crippen LogP contribution in [-0.2, 0) is 36.1 Å². The first-order chi connectivity index (χ1) is 11.9. The van der Waals surface area contributed by atoms with Gasteiger partial charge in [0.2, 0.25) is 5.91 Å². The van der Waals surface area contributed by atoms with Crippen LogP contribution in [0.5, 0.6) is 0 Å². The Morgan fingerprint density at radius 2 is 2.28 bits per heavy atom. The van der Waals surface area contributed by atoms with Crippen molar-refractivity contribution in [3.8, 4) is 0 Å². The number of nitrogens with zero attached hydrogens (tertiary/aromatic N) is 5. The quantitative estimate of drug-likeness (QED) is 0.767. The summed E-state index contributed by atoms with van der Waals surface area (Å²) in [6.45, 7) is 3.87. The molecule has 0 aliphatic carbocycles. The van der Waals surface area contributed by atoms with Gasteiger partial charge in [0, 0.05) is 58.5 Å². The summed E-state index contributed by atoms with van der Waals surface area (Å²) in [4.78, 5) is 20.0. The minimum atomic E-state index is -0.0318. The van der Waals surface area contributed by atoms with Crippen LogP contribution >= 0.6 is 0 Å². The molecule has 1 aliphatic heterocycles. The number of likely N-dealkylation sites (N-methyl/N-ethyl adjacent to an activating group) is 1. The van der Waals surface area contributed by atoms with Crippen molar-refractivity contribution in [2.75, 3.05) is 27.3 Å². The molecular weight excluding hydrogens is 322 g/mol. The van der Waals surface area contributed by atoms with Crippen molar-refractivity contribution in [1.29, 1.82) is 0 Å². The number of aromatic nitrogens is 3. The highest BCUT2D eigenvalue weighted by molar-refractivity contribution is 5.76. The van der Waals surface area contributed by atoms with Gasteiger partial charge in [-0.05, 0) is 6.92 Å². The minimum Gasteiger partial charge on any atom is -0.370 e. The lowest BCUT2D eigenvalue weighted by molar-refractivity contribution is -0.134. The second-order valence-electron chi connectivity index (χ2n) is 6.74. The van der Waals surface area contributed by atoms with Crippen molar-refractivity contribution in [1.82, 2.24) is 24.5 Å². The molecule has 3 rings (SSSR count). The first-order valence-electron chi connectivity index (χ1n) is 8.37. The zero-order valence-corrected chi connectivity index (χ0v) is 15.2. The molecule has 0 unspecified atom stereocenters. The van der Waals surface area contributed by atoms with E-state index in [1.54, 1.807) is 14.1 Å². The molecule has 0 saturated heterocycles. The number of fused-ring (bicyclic) bond motifs is 1. The van der Waals surface area contributed by atoms with E-state index in [9.17, 15) is 4.79 Å². The van der Waals surface area contributed by atoms with Crippen molar-refractivity contribution in [2.24, 2.45) is 7.05 Å². The van der Waals surface area contributed by atoms with Crippen LogP contribution in [0.1, 0.15) is 22.8 Å². The predicted octanol–water partition coefficient (Wildman–Crippen LogP) is 0.748. The summed E-state index contributed by atoms with van der Waals surface area (Å²) in [7, 11) is 5.47. The molecule has 1 atom stereocenters. The predicted molar refractivity (Wildman–Crippen MR) is 90.7 cm³/mol. The third-order valence-corrected chi connectivity index (χ3v) is 4.52. The summed E-state index contributed by atoms with van der Waals surface area (Å²) < 4.78 is 12.9. The summed E-state index contributed by atoms with van der Waals surface area (Å²) in [6, 6.07) is 2.11. The lowest BCUT2D eigenvalue weighted by atomic mass is 10.0. The highest BCUT2D eigenvalue weighted by atomic mass is 16.5. The SMILES string of the molecule is Cc1cc(CN2Cc3ncn(C)c3C[C@H]2COCC(=O)N(C)C)no1. The molecule has 8 nitrogen and oxygen atoms in total. The van der Waals surface area contributed by atoms with E-state index in [1.807, 2.05) is 26.4 Å². The molecule has 0 aromatic carbocycles. The lowest BCUT2D eigenvalue weighted by Crippen LogP contribution is -2.44. The highest BCUT2D eigenvalue weighted by Gasteiger charge is 2.30. The Kier molecular flexibility index (Phi) is 5.19. The average molecular weight is 347 g/mol. The number of imidazole rings is 1. The van der Waals surface area contributed by atoms with Crippen molar-refractivity contribution in [2.45, 2.75) is 32.5 Å². The molecule has 0 radical (unpaired) electrons. The first-order valence-corrected chi connectivity index (χ1v) is 8.37. The van der Waals surface area contributed by atoms with E-state index in [-0.39, 0.29) is 18.6 Å². The second kappa shape index (κ2) is 7.37. The van der Waals surface area contributed by atoms with Gasteiger partial charge in [0.25, 0.3) is 0 Å². The normalized spacial score (nSPS) is 17.5. The molecule has 1 aliphatic rings. The van der Waals surface area contributed by atoms with Crippen molar-refractivity contribution < 1.29 is 14.1 Å². The fraction of sp³-hybridized carbons (Fsp3) is 0.588. The van der Waals surface area contributed by atoms with Crippen LogP contribution in [0, 0.1) is 6.92 Å². The van der Waals surface area contributed by atoms with Gasteiger partial charge in [-0.15, -0.1) is 0 Å². The molecule has 0 fully saturated rings. The zero-order chi connectivity index (χ0) is 18.0. The molecule has 8 heteroatoms. The number of rotatable bonds is 6. The molecule has 3 heterocycles. The van der Waals surface area contributed by atoms with Crippen molar-refractivity contribution in [3.63, 3.8) is 0 Å². The van der Waals surface area contributed by atoms with E-state index in [2.05, 4.69) is 19.6 Å². The molecule has 0 bridgehead atoms. The smallest absolute Gasteiger partial charge is 0.248 e. The van der Waals surface area contributed by atoms with Crippen LogP contribution in [0.4, 0.5) is 0 Å². The molecule has 1 amide bonds. The zero-order valence-electron chi connectivity index (χ0n) is 15.2. The highest BCUT2D eigenvalue weighted by Crippen LogP contribution is 2.24. The second-order valence-corrected chi connectivity index (χ2v) is 6.74. The van der Waals surface area contributed by atoms with Gasteiger partial charge in [-0.25, -0.2) is 4.98 Å². The van der Waals surface area contributed by atoms with E-state index < -0.39 is 0 Å². The fourth-order valence-electron chi connectivity index (χ4n) is 3.03. The van der Waals surface area contributed by atoms with E-state index in [1.165, 1.54) is 10.6 Å². The number of carbonyl (C=O) groups excluding carboxylic acids is 1. The summed E-state index contributed by atoms with van der Waals surface area (Å²) in [5.41, 5.74) is 3.20. The fourth-order valence-corrected chi connectivity index (χ4v) is 3.03. The van der Waals surface area contributed by atoms with E-state index in [0.29, 0.717) is 13.2 Å². The number of aryl methyl sites for hydroxylation is 2. The van der Waals surface area contributed by atoms with Crippen LogP contribution in [0.25, 0.3) is 0 Å². The standard InChI is InChI=1S/C17H25N5O3/c1-12-5-13(19-25-12)7-22-8-15-16(21(4)11-18-15)6-14(22)9-24-10-17(23)20(2)3/h5,11,14H,6-10H2,1-4H3/t14-/m0/s1. The van der Waals surface area contributed by atoms with Crippen LogP contribution in [-0.4, -0.2) is 63.8 Å². The monoisotopic (exact) mass is 347 g/mol. The van der Waals surface area contributed by atoms with Crippen LogP contribution in [0.2, 0.25) is 0 Å². The average Bonchev–Trinajstić information content (AvgIpc) is 3.13. The molecule has 0 saturated carbocycles. The Balaban J connectivity index is 1.69. The Bertz CT molecular complexity index is 736. The van der Waals surface area contributed by atoms with Gasteiger partial charge >= 0.3 is 0 Å². The van der Waals surface area contributed by atoms with E-state index in [0.717, 1.165) is 30.1 Å². The molecule has 136 valence electrons. The van der Waals surface area contributed by atoms with Crippen molar-refractivity contribution in [3.05, 3.63) is 35.2 Å². The van der Waals surface area contributed by atoms with Gasteiger partial charge in [-0.3, -0.25) is 9.69 Å². The van der Waals surface area contributed by atoms with Crippen LogP contribution in [0.3, 0.4) is 0 Å². The van der Waals surface area contributed by atoms with Gasteiger partial charge in [0.15, 0.2) is 0 Å². The third-order valence-electron chi connectivity index (χ3n) is 4.52. The molecular formula is C17H25N5O3. The van der Waals surface area contributed by atoms with Gasteiger partial charge < -0.3 is 18.7 Å². The third kappa shape index (κ3) is 4.08. The van der Waals surface area contributed by atoms with E-state index in [4.69, 9.17) is 9.26 Å². The number of carbonyl (C=O) groups is 1. The van der Waals surface area contributed by atoms with E-state index >= 15 is 0 Å². The maximum absolute atomic E-state index is 11.7. The minimum absolute atomic E-state index is 0.0318. The summed E-state index contributed by atoms with van der Waals surface area (Å²) >= 11 is 0. The van der Waals surface area contributed by atoms with Crippen molar-refractivity contribution >= 4 is 5.91 Å². The Hall–Kier alpha value is -2.19. The first kappa shape index (κ1) is 17.6. The molecule has 2 aromatic rings. The molecule has 0 N–H and O–H groups in total. The van der Waals surface area contributed by atoms with Gasteiger partial charge in [-0.2, -0.15) is 0 Å². The summed E-state index contributed by atoms with van der Waals surface area (Å²) in [5.74, 6) is 0.769. The topological polar surface area (TPSA) is 76.6 Å².